The lowest BCUT2D eigenvalue weighted by Crippen LogP contribution is -2.75. The minimum Gasteiger partial charge on any atom is -0.378 e. The SMILES string of the molecule is CCOC1CC(N)(C(=O)N2CCC(CSc3ccccc3)C2)C1(C)C.Cl. The van der Waals surface area contributed by atoms with Gasteiger partial charge in [-0.1, -0.05) is 32.0 Å². The van der Waals surface area contributed by atoms with Gasteiger partial charge in [0.2, 0.25) is 5.91 Å². The molecule has 3 atom stereocenters. The van der Waals surface area contributed by atoms with Gasteiger partial charge in [-0.3, -0.25) is 4.79 Å². The van der Waals surface area contributed by atoms with Crippen LogP contribution in [-0.2, 0) is 9.53 Å². The standard InChI is InChI=1S/C20H30N2O2S.ClH/c1-4-24-17-12-20(21,19(17,2)3)18(23)22-11-10-15(13-22)14-25-16-8-6-5-7-9-16;/h5-9,15,17H,4,10-14,21H2,1-3H3;1H. The Morgan fingerprint density at radius 1 is 1.35 bits per heavy atom. The Kier molecular flexibility index (Phi) is 7.05. The van der Waals surface area contributed by atoms with Crippen LogP contribution in [0.2, 0.25) is 0 Å². The van der Waals surface area contributed by atoms with E-state index in [2.05, 4.69) is 38.1 Å². The van der Waals surface area contributed by atoms with E-state index in [0.29, 0.717) is 18.9 Å². The van der Waals surface area contributed by atoms with Gasteiger partial charge in [0.05, 0.1) is 6.10 Å². The second kappa shape index (κ2) is 8.51. The van der Waals surface area contributed by atoms with Crippen molar-refractivity contribution >= 4 is 30.1 Å². The molecule has 0 spiro atoms. The van der Waals surface area contributed by atoms with Crippen LogP contribution in [0.1, 0.15) is 33.6 Å². The third-order valence-electron chi connectivity index (χ3n) is 6.01. The number of hydrogen-bond acceptors (Lipinski definition) is 4. The molecule has 1 saturated carbocycles. The molecular weight excluding hydrogens is 368 g/mol. The van der Waals surface area contributed by atoms with Crippen molar-refractivity contribution in [2.45, 2.75) is 50.2 Å². The molecule has 2 aliphatic rings. The number of carbonyl (C=O) groups excluding carboxylic acids is 1. The van der Waals surface area contributed by atoms with Gasteiger partial charge in [-0.05, 0) is 31.4 Å². The van der Waals surface area contributed by atoms with Crippen LogP contribution in [0.5, 0.6) is 0 Å². The van der Waals surface area contributed by atoms with E-state index in [1.165, 1.54) is 4.90 Å². The maximum Gasteiger partial charge on any atom is 0.243 e. The highest BCUT2D eigenvalue weighted by Gasteiger charge is 2.64. The molecule has 0 aromatic heterocycles. The average molecular weight is 399 g/mol. The van der Waals surface area contributed by atoms with E-state index in [1.807, 2.05) is 29.7 Å². The van der Waals surface area contributed by atoms with Crippen molar-refractivity contribution < 1.29 is 9.53 Å². The first-order valence-electron chi connectivity index (χ1n) is 9.26. The Labute approximate surface area is 167 Å². The molecule has 2 fully saturated rings. The summed E-state index contributed by atoms with van der Waals surface area (Å²) in [6, 6.07) is 10.5. The number of benzene rings is 1. The fourth-order valence-corrected chi connectivity index (χ4v) is 5.01. The Morgan fingerprint density at radius 3 is 2.65 bits per heavy atom. The summed E-state index contributed by atoms with van der Waals surface area (Å²) < 4.78 is 5.76. The van der Waals surface area contributed by atoms with E-state index in [0.717, 1.165) is 25.3 Å². The molecule has 6 heteroatoms. The Balaban J connectivity index is 0.00000243. The molecule has 1 heterocycles. The number of halogens is 1. The van der Waals surface area contributed by atoms with Gasteiger partial charge < -0.3 is 15.4 Å². The molecule has 0 bridgehead atoms. The molecule has 2 N–H and O–H groups in total. The molecule has 1 aliphatic carbocycles. The molecule has 3 rings (SSSR count). The van der Waals surface area contributed by atoms with Crippen LogP contribution in [0.3, 0.4) is 0 Å². The highest BCUT2D eigenvalue weighted by atomic mass is 35.5. The molecule has 3 unspecified atom stereocenters. The van der Waals surface area contributed by atoms with Crippen LogP contribution < -0.4 is 5.73 Å². The first-order valence-corrected chi connectivity index (χ1v) is 10.2. The van der Waals surface area contributed by atoms with E-state index in [-0.39, 0.29) is 29.8 Å². The Morgan fingerprint density at radius 2 is 2.04 bits per heavy atom. The molecule has 1 aromatic rings. The number of nitrogens with two attached hydrogens (primary N) is 1. The number of likely N-dealkylation sites (tertiary alicyclic amines) is 1. The number of ether oxygens (including phenoxy) is 1. The Hall–Kier alpha value is -0.750. The topological polar surface area (TPSA) is 55.6 Å². The number of nitrogens with zero attached hydrogens (tertiary/aromatic N) is 1. The van der Waals surface area contributed by atoms with E-state index < -0.39 is 5.54 Å². The second-order valence-corrected chi connectivity index (χ2v) is 8.96. The summed E-state index contributed by atoms with van der Waals surface area (Å²) in [7, 11) is 0. The van der Waals surface area contributed by atoms with Gasteiger partial charge >= 0.3 is 0 Å². The number of carbonyl (C=O) groups is 1. The molecule has 0 radical (unpaired) electrons. The predicted molar refractivity (Wildman–Crippen MR) is 110 cm³/mol. The molecule has 26 heavy (non-hydrogen) atoms. The van der Waals surface area contributed by atoms with Crippen molar-refractivity contribution in [1.29, 1.82) is 0 Å². The zero-order valence-corrected chi connectivity index (χ0v) is 17.6. The summed E-state index contributed by atoms with van der Waals surface area (Å²) in [5.74, 6) is 1.71. The van der Waals surface area contributed by atoms with Gasteiger partial charge in [0.25, 0.3) is 0 Å². The van der Waals surface area contributed by atoms with Crippen LogP contribution >= 0.6 is 24.2 Å². The largest absolute Gasteiger partial charge is 0.378 e. The quantitative estimate of drug-likeness (QED) is 0.744. The molecule has 1 aromatic carbocycles. The number of rotatable bonds is 6. The minimum absolute atomic E-state index is 0. The van der Waals surface area contributed by atoms with Crippen LogP contribution in [0.25, 0.3) is 0 Å². The molecule has 1 amide bonds. The summed E-state index contributed by atoms with van der Waals surface area (Å²) in [5.41, 5.74) is 5.47. The zero-order chi connectivity index (χ0) is 18.1. The van der Waals surface area contributed by atoms with Crippen molar-refractivity contribution in [2.24, 2.45) is 17.1 Å². The van der Waals surface area contributed by atoms with Crippen molar-refractivity contribution in [2.75, 3.05) is 25.4 Å². The number of amides is 1. The van der Waals surface area contributed by atoms with Crippen molar-refractivity contribution in [3.63, 3.8) is 0 Å². The maximum absolute atomic E-state index is 13.1. The van der Waals surface area contributed by atoms with Crippen LogP contribution in [0.15, 0.2) is 35.2 Å². The highest BCUT2D eigenvalue weighted by molar-refractivity contribution is 7.99. The monoisotopic (exact) mass is 398 g/mol. The average Bonchev–Trinajstić information content (AvgIpc) is 3.08. The molecule has 1 aliphatic heterocycles. The van der Waals surface area contributed by atoms with Crippen molar-refractivity contribution in [3.05, 3.63) is 30.3 Å². The van der Waals surface area contributed by atoms with Crippen LogP contribution in [0, 0.1) is 11.3 Å². The lowest BCUT2D eigenvalue weighted by molar-refractivity contribution is -0.178. The van der Waals surface area contributed by atoms with E-state index in [4.69, 9.17) is 10.5 Å². The molecule has 1 saturated heterocycles. The fraction of sp³-hybridized carbons (Fsp3) is 0.650. The number of thioether (sulfide) groups is 1. The van der Waals surface area contributed by atoms with Crippen LogP contribution in [-0.4, -0.2) is 47.9 Å². The second-order valence-electron chi connectivity index (χ2n) is 7.87. The van der Waals surface area contributed by atoms with Gasteiger partial charge in [0.15, 0.2) is 0 Å². The lowest BCUT2D eigenvalue weighted by Gasteiger charge is -2.58. The van der Waals surface area contributed by atoms with E-state index in [9.17, 15) is 4.79 Å². The smallest absolute Gasteiger partial charge is 0.243 e. The third kappa shape index (κ3) is 3.91. The molecular formula is C20H31ClN2O2S. The Bertz CT molecular complexity index is 613. The normalized spacial score (nSPS) is 29.8. The third-order valence-corrected chi connectivity index (χ3v) is 7.26. The van der Waals surface area contributed by atoms with Crippen LogP contribution in [0.4, 0.5) is 0 Å². The summed E-state index contributed by atoms with van der Waals surface area (Å²) in [4.78, 5) is 16.4. The maximum atomic E-state index is 13.1. The van der Waals surface area contributed by atoms with Crippen molar-refractivity contribution in [1.82, 2.24) is 4.90 Å². The van der Waals surface area contributed by atoms with Gasteiger partial charge in [0.1, 0.15) is 5.54 Å². The fourth-order valence-electron chi connectivity index (χ4n) is 3.96. The van der Waals surface area contributed by atoms with Gasteiger partial charge in [-0.2, -0.15) is 0 Å². The number of hydrogen-bond donors (Lipinski definition) is 1. The van der Waals surface area contributed by atoms with Gasteiger partial charge in [-0.25, -0.2) is 0 Å². The highest BCUT2D eigenvalue weighted by Crippen LogP contribution is 2.51. The van der Waals surface area contributed by atoms with Crippen molar-refractivity contribution in [3.8, 4) is 0 Å². The lowest BCUT2D eigenvalue weighted by atomic mass is 9.54. The first-order chi connectivity index (χ1) is 11.9. The van der Waals surface area contributed by atoms with Gasteiger partial charge in [0, 0.05) is 42.2 Å². The van der Waals surface area contributed by atoms with E-state index in [1.54, 1.807) is 0 Å². The van der Waals surface area contributed by atoms with E-state index >= 15 is 0 Å². The molecule has 4 nitrogen and oxygen atoms in total. The summed E-state index contributed by atoms with van der Waals surface area (Å²) in [5, 5.41) is 0. The minimum atomic E-state index is -0.783. The zero-order valence-electron chi connectivity index (χ0n) is 15.9. The van der Waals surface area contributed by atoms with Gasteiger partial charge in [-0.15, -0.1) is 24.2 Å². The first kappa shape index (κ1) is 21.5. The molecule has 146 valence electrons. The summed E-state index contributed by atoms with van der Waals surface area (Å²) in [6.07, 6.45) is 1.78. The summed E-state index contributed by atoms with van der Waals surface area (Å²) in [6.45, 7) is 8.44. The predicted octanol–water partition coefficient (Wildman–Crippen LogP) is 3.58. The summed E-state index contributed by atoms with van der Waals surface area (Å²) >= 11 is 1.88.